The van der Waals surface area contributed by atoms with Gasteiger partial charge in [-0.15, -0.1) is 0 Å². The van der Waals surface area contributed by atoms with Gasteiger partial charge in [0, 0.05) is 12.8 Å². The van der Waals surface area contributed by atoms with Gasteiger partial charge >= 0.3 is 0 Å². The largest absolute Gasteiger partial charge is 0.312 e. The van der Waals surface area contributed by atoms with Gasteiger partial charge in [0.2, 0.25) is 0 Å². The fraction of sp³-hybridized carbons (Fsp3) is 0.944. The number of rotatable bonds is 0. The van der Waals surface area contributed by atoms with Crippen LogP contribution in [-0.4, -0.2) is 31.8 Å². The van der Waals surface area contributed by atoms with Gasteiger partial charge in [-0.2, -0.15) is 0 Å². The SMILES string of the molecule is CN(C)C.O=C1CCCCCCCCCCCCCC1. The van der Waals surface area contributed by atoms with Crippen LogP contribution in [0.4, 0.5) is 0 Å². The molecule has 20 heavy (non-hydrogen) atoms. The molecule has 1 saturated carbocycles. The van der Waals surface area contributed by atoms with E-state index in [4.69, 9.17) is 0 Å². The fourth-order valence-corrected chi connectivity index (χ4v) is 2.54. The van der Waals surface area contributed by atoms with Crippen molar-refractivity contribution in [2.24, 2.45) is 0 Å². The Labute approximate surface area is 127 Å². The minimum Gasteiger partial charge on any atom is -0.312 e. The molecule has 0 saturated heterocycles. The Morgan fingerprint density at radius 3 is 1.00 bits per heavy atom. The molecule has 0 bridgehead atoms. The van der Waals surface area contributed by atoms with Crippen LogP contribution in [0.5, 0.6) is 0 Å². The highest BCUT2D eigenvalue weighted by Gasteiger charge is 2.02. The number of hydrogen-bond donors (Lipinski definition) is 0. The second-order valence-corrected chi connectivity index (χ2v) is 6.62. The second kappa shape index (κ2) is 15.0. The Bertz CT molecular complexity index is 193. The number of nitrogens with zero attached hydrogens (tertiary/aromatic N) is 1. The predicted molar refractivity (Wildman–Crippen MR) is 89.3 cm³/mol. The van der Waals surface area contributed by atoms with Gasteiger partial charge in [0.25, 0.3) is 0 Å². The molecule has 2 heteroatoms. The highest BCUT2D eigenvalue weighted by Crippen LogP contribution is 2.15. The van der Waals surface area contributed by atoms with Crippen LogP contribution >= 0.6 is 0 Å². The van der Waals surface area contributed by atoms with Gasteiger partial charge in [-0.25, -0.2) is 0 Å². The molecule has 0 unspecified atom stereocenters. The monoisotopic (exact) mass is 283 g/mol. The number of hydrogen-bond acceptors (Lipinski definition) is 2. The molecular weight excluding hydrogens is 246 g/mol. The van der Waals surface area contributed by atoms with E-state index >= 15 is 0 Å². The van der Waals surface area contributed by atoms with E-state index in [0.717, 1.165) is 25.7 Å². The minimum atomic E-state index is 0.509. The Hall–Kier alpha value is -0.370. The summed E-state index contributed by atoms with van der Waals surface area (Å²) >= 11 is 0. The van der Waals surface area contributed by atoms with Crippen LogP contribution in [0.25, 0.3) is 0 Å². The zero-order valence-corrected chi connectivity index (χ0v) is 14.3. The maximum Gasteiger partial charge on any atom is 0.132 e. The standard InChI is InChI=1S/C15H28O.C3H9N/c16-15-13-11-9-7-5-3-1-2-4-6-8-10-12-14-15;1-4(2)3/h1-14H2;1-3H3. The Morgan fingerprint density at radius 1 is 0.550 bits per heavy atom. The van der Waals surface area contributed by atoms with Crippen molar-refractivity contribution in [1.82, 2.24) is 4.90 Å². The van der Waals surface area contributed by atoms with E-state index in [1.54, 1.807) is 0 Å². The van der Waals surface area contributed by atoms with Gasteiger partial charge in [-0.05, 0) is 34.0 Å². The van der Waals surface area contributed by atoms with Gasteiger partial charge in [0.1, 0.15) is 5.78 Å². The van der Waals surface area contributed by atoms with Crippen LogP contribution in [0.3, 0.4) is 0 Å². The summed E-state index contributed by atoms with van der Waals surface area (Å²) in [4.78, 5) is 13.5. The van der Waals surface area contributed by atoms with Crippen molar-refractivity contribution in [3.8, 4) is 0 Å². The van der Waals surface area contributed by atoms with Crippen molar-refractivity contribution in [1.29, 1.82) is 0 Å². The van der Waals surface area contributed by atoms with Crippen LogP contribution in [0, 0.1) is 0 Å². The van der Waals surface area contributed by atoms with E-state index in [0.29, 0.717) is 5.78 Å². The van der Waals surface area contributed by atoms with E-state index < -0.39 is 0 Å². The lowest BCUT2D eigenvalue weighted by Gasteiger charge is -2.01. The normalized spacial score (nSPS) is 20.5. The van der Waals surface area contributed by atoms with Crippen molar-refractivity contribution in [3.63, 3.8) is 0 Å². The Morgan fingerprint density at radius 2 is 0.750 bits per heavy atom. The van der Waals surface area contributed by atoms with Gasteiger partial charge in [0.05, 0.1) is 0 Å². The molecule has 0 aliphatic heterocycles. The van der Waals surface area contributed by atoms with Crippen LogP contribution in [0.2, 0.25) is 0 Å². The summed E-state index contributed by atoms with van der Waals surface area (Å²) < 4.78 is 0. The molecule has 0 N–H and O–H groups in total. The molecule has 1 aliphatic rings. The first-order valence-corrected chi connectivity index (χ1v) is 8.75. The first-order chi connectivity index (χ1) is 9.63. The molecule has 0 atom stereocenters. The summed E-state index contributed by atoms with van der Waals surface area (Å²) in [6, 6.07) is 0. The fourth-order valence-electron chi connectivity index (χ4n) is 2.54. The van der Waals surface area contributed by atoms with Crippen LogP contribution in [-0.2, 0) is 4.79 Å². The number of carbonyl (C=O) groups is 1. The van der Waals surface area contributed by atoms with Gasteiger partial charge < -0.3 is 4.90 Å². The first kappa shape index (κ1) is 19.6. The minimum absolute atomic E-state index is 0.509. The molecule has 0 aromatic rings. The summed E-state index contributed by atoms with van der Waals surface area (Å²) in [5.41, 5.74) is 0. The summed E-state index contributed by atoms with van der Waals surface area (Å²) in [5, 5.41) is 0. The maximum atomic E-state index is 11.5. The van der Waals surface area contributed by atoms with E-state index in [1.807, 2.05) is 26.0 Å². The zero-order chi connectivity index (χ0) is 15.1. The summed E-state index contributed by atoms with van der Waals surface area (Å²) in [6.45, 7) is 0. The molecule has 1 aliphatic carbocycles. The summed E-state index contributed by atoms with van der Waals surface area (Å²) in [5.74, 6) is 0.509. The smallest absolute Gasteiger partial charge is 0.132 e. The zero-order valence-electron chi connectivity index (χ0n) is 14.3. The van der Waals surface area contributed by atoms with Crippen molar-refractivity contribution in [2.45, 2.75) is 89.9 Å². The second-order valence-electron chi connectivity index (χ2n) is 6.62. The molecule has 0 spiro atoms. The average Bonchev–Trinajstić information content (AvgIpc) is 2.38. The molecule has 1 fully saturated rings. The van der Waals surface area contributed by atoms with Crippen molar-refractivity contribution in [2.75, 3.05) is 21.1 Å². The molecule has 0 aromatic heterocycles. The van der Waals surface area contributed by atoms with Crippen LogP contribution in [0.15, 0.2) is 0 Å². The van der Waals surface area contributed by atoms with E-state index in [9.17, 15) is 4.79 Å². The molecule has 1 rings (SSSR count). The Kier molecular flexibility index (Phi) is 14.7. The third kappa shape index (κ3) is 17.6. The number of ketones is 1. The van der Waals surface area contributed by atoms with Gasteiger partial charge in [-0.1, -0.05) is 64.2 Å². The van der Waals surface area contributed by atoms with Crippen molar-refractivity contribution < 1.29 is 4.79 Å². The lowest BCUT2D eigenvalue weighted by Crippen LogP contribution is -1.99. The molecular formula is C18H37NO. The first-order valence-electron chi connectivity index (χ1n) is 8.75. The van der Waals surface area contributed by atoms with E-state index in [1.165, 1.54) is 64.2 Å². The lowest BCUT2D eigenvalue weighted by molar-refractivity contribution is -0.119. The highest BCUT2D eigenvalue weighted by atomic mass is 16.1. The third-order valence-electron chi connectivity index (χ3n) is 3.66. The average molecular weight is 283 g/mol. The van der Waals surface area contributed by atoms with Gasteiger partial charge in [-0.3, -0.25) is 4.79 Å². The van der Waals surface area contributed by atoms with Crippen LogP contribution in [0.1, 0.15) is 89.9 Å². The molecule has 120 valence electrons. The number of carbonyl (C=O) groups excluding carboxylic acids is 1. The lowest BCUT2D eigenvalue weighted by atomic mass is 10.0. The quantitative estimate of drug-likeness (QED) is 0.608. The molecule has 0 amide bonds. The molecule has 2 nitrogen and oxygen atoms in total. The predicted octanol–water partition coefficient (Wildman–Crippen LogP) is 5.21. The molecule has 0 heterocycles. The van der Waals surface area contributed by atoms with Gasteiger partial charge in [0.15, 0.2) is 0 Å². The highest BCUT2D eigenvalue weighted by molar-refractivity contribution is 5.78. The van der Waals surface area contributed by atoms with Crippen molar-refractivity contribution in [3.05, 3.63) is 0 Å². The Balaban J connectivity index is 0.000000796. The molecule has 0 aromatic carbocycles. The van der Waals surface area contributed by atoms with E-state index in [2.05, 4.69) is 0 Å². The third-order valence-corrected chi connectivity index (χ3v) is 3.66. The summed E-state index contributed by atoms with van der Waals surface area (Å²) in [7, 11) is 6.00. The number of Topliss-reactive ketones (excluding diaryl/α,β-unsaturated/α-hetero) is 1. The van der Waals surface area contributed by atoms with Crippen molar-refractivity contribution >= 4 is 5.78 Å². The van der Waals surface area contributed by atoms with E-state index in [-0.39, 0.29) is 0 Å². The summed E-state index contributed by atoms with van der Waals surface area (Å²) in [6.07, 6.45) is 17.6. The maximum absolute atomic E-state index is 11.5. The topological polar surface area (TPSA) is 20.3 Å². The molecule has 0 radical (unpaired) electrons. The van der Waals surface area contributed by atoms with Crippen LogP contribution < -0.4 is 0 Å².